The van der Waals surface area contributed by atoms with E-state index in [4.69, 9.17) is 37.0 Å². The lowest BCUT2D eigenvalue weighted by atomic mass is 10.0. The first kappa shape index (κ1) is 88.1. The summed E-state index contributed by atoms with van der Waals surface area (Å²) in [7, 11) is -9.90. The molecule has 0 heterocycles. The van der Waals surface area contributed by atoms with Gasteiger partial charge in [-0.25, -0.2) is 9.13 Å². The minimum absolute atomic E-state index is 0.104. The van der Waals surface area contributed by atoms with Gasteiger partial charge in [0.25, 0.3) is 0 Å². The van der Waals surface area contributed by atoms with E-state index in [0.29, 0.717) is 25.7 Å². The zero-order valence-corrected chi connectivity index (χ0v) is 60.4. The summed E-state index contributed by atoms with van der Waals surface area (Å²) in [5.41, 5.74) is 0. The van der Waals surface area contributed by atoms with Crippen LogP contribution in [-0.2, 0) is 65.4 Å². The fourth-order valence-electron chi connectivity index (χ4n) is 10.7. The van der Waals surface area contributed by atoms with Crippen LogP contribution in [0.5, 0.6) is 0 Å². The monoisotopic (exact) mass is 1320 g/mol. The van der Waals surface area contributed by atoms with Gasteiger partial charge in [-0.1, -0.05) is 305 Å². The van der Waals surface area contributed by atoms with Gasteiger partial charge in [-0.2, -0.15) is 0 Å². The van der Waals surface area contributed by atoms with Crippen molar-refractivity contribution < 1.29 is 80.2 Å². The number of esters is 4. The van der Waals surface area contributed by atoms with Crippen LogP contribution in [0.2, 0.25) is 0 Å². The van der Waals surface area contributed by atoms with Crippen molar-refractivity contribution in [2.24, 2.45) is 17.8 Å². The fourth-order valence-corrected chi connectivity index (χ4v) is 12.3. The van der Waals surface area contributed by atoms with E-state index in [1.807, 2.05) is 0 Å². The lowest BCUT2D eigenvalue weighted by Crippen LogP contribution is -2.30. The number of ether oxygens (including phenoxy) is 4. The van der Waals surface area contributed by atoms with Crippen molar-refractivity contribution in [3.63, 3.8) is 0 Å². The average molecular weight is 1330 g/mol. The van der Waals surface area contributed by atoms with Crippen LogP contribution in [0.3, 0.4) is 0 Å². The maximum absolute atomic E-state index is 13.0. The number of phosphoric acid groups is 2. The molecule has 0 saturated carbocycles. The number of phosphoric ester groups is 2. The lowest BCUT2D eigenvalue weighted by Gasteiger charge is -2.21. The van der Waals surface area contributed by atoms with Gasteiger partial charge in [0.05, 0.1) is 26.4 Å². The molecule has 0 spiro atoms. The van der Waals surface area contributed by atoms with Crippen molar-refractivity contribution in [2.75, 3.05) is 39.6 Å². The Hall–Kier alpha value is -1.94. The number of rotatable bonds is 69. The Bertz CT molecular complexity index is 1770. The highest BCUT2D eigenvalue weighted by Crippen LogP contribution is 2.45. The molecule has 0 aromatic heterocycles. The maximum atomic E-state index is 13.0. The van der Waals surface area contributed by atoms with E-state index in [1.165, 1.54) is 167 Å². The second kappa shape index (κ2) is 61.9. The number of aliphatic hydroxyl groups excluding tert-OH is 1. The molecule has 0 fully saturated rings. The highest BCUT2D eigenvalue weighted by Gasteiger charge is 2.30. The molecule has 0 aliphatic heterocycles. The fraction of sp³-hybridized carbons (Fsp3) is 0.944. The Balaban J connectivity index is 5.22. The molecule has 19 heteroatoms. The van der Waals surface area contributed by atoms with Crippen LogP contribution < -0.4 is 0 Å². The maximum Gasteiger partial charge on any atom is 0.472 e. The zero-order chi connectivity index (χ0) is 66.6. The molecule has 17 nitrogen and oxygen atoms in total. The summed E-state index contributed by atoms with van der Waals surface area (Å²) < 4.78 is 68.3. The van der Waals surface area contributed by atoms with E-state index in [2.05, 4.69) is 48.5 Å². The second-order valence-electron chi connectivity index (χ2n) is 27.1. The molecule has 0 aromatic carbocycles. The SMILES string of the molecule is CCCCCCCCCCCCC(=O)OC[C@H](COP(=O)(O)OC[C@H](O)COP(=O)(O)OC[C@@H](COC(=O)CCCCCCCCCCC(C)C)OC(=O)CCCCCCCCCCCCCCCCCC(C)C)OC(=O)CCCCCCCCCCC(C)C. The molecule has 0 bridgehead atoms. The predicted octanol–water partition coefficient (Wildman–Crippen LogP) is 20.2. The highest BCUT2D eigenvalue weighted by atomic mass is 31.2. The van der Waals surface area contributed by atoms with E-state index in [9.17, 15) is 43.2 Å². The molecule has 0 radical (unpaired) electrons. The second-order valence-corrected chi connectivity index (χ2v) is 30.0. The molecule has 3 N–H and O–H groups in total. The summed E-state index contributed by atoms with van der Waals surface area (Å²) in [5, 5.41) is 10.6. The van der Waals surface area contributed by atoms with Gasteiger partial charge in [-0.15, -0.1) is 0 Å². The Morgan fingerprint density at radius 1 is 0.300 bits per heavy atom. The van der Waals surface area contributed by atoms with E-state index in [-0.39, 0.29) is 25.7 Å². The first-order valence-corrected chi connectivity index (χ1v) is 39.8. The molecule has 0 aliphatic carbocycles. The number of carbonyl (C=O) groups is 4. The smallest absolute Gasteiger partial charge is 0.462 e. The van der Waals surface area contributed by atoms with E-state index in [0.717, 1.165) is 108 Å². The number of unbranched alkanes of at least 4 members (excludes halogenated alkanes) is 37. The quantitative estimate of drug-likeness (QED) is 0.0222. The lowest BCUT2D eigenvalue weighted by molar-refractivity contribution is -0.161. The number of hydrogen-bond acceptors (Lipinski definition) is 15. The van der Waals surface area contributed by atoms with Crippen molar-refractivity contribution in [3.05, 3.63) is 0 Å². The number of aliphatic hydroxyl groups is 1. The van der Waals surface area contributed by atoms with Crippen molar-refractivity contribution in [2.45, 2.75) is 375 Å². The molecule has 2 unspecified atom stereocenters. The molecule has 90 heavy (non-hydrogen) atoms. The molecule has 534 valence electrons. The van der Waals surface area contributed by atoms with Gasteiger partial charge in [0.2, 0.25) is 0 Å². The zero-order valence-electron chi connectivity index (χ0n) is 58.6. The molecule has 0 rings (SSSR count). The molecule has 0 amide bonds. The molecule has 0 aliphatic rings. The Labute approximate surface area is 549 Å². The Morgan fingerprint density at radius 2 is 0.511 bits per heavy atom. The van der Waals surface area contributed by atoms with E-state index >= 15 is 0 Å². The molecule has 0 aromatic rings. The summed E-state index contributed by atoms with van der Waals surface area (Å²) >= 11 is 0. The van der Waals surface area contributed by atoms with E-state index in [1.54, 1.807) is 0 Å². The van der Waals surface area contributed by atoms with Crippen LogP contribution in [0.4, 0.5) is 0 Å². The van der Waals surface area contributed by atoms with Gasteiger partial charge >= 0.3 is 39.5 Å². The summed E-state index contributed by atoms with van der Waals surface area (Å²) in [6, 6.07) is 0. The third-order valence-corrected chi connectivity index (χ3v) is 18.3. The van der Waals surface area contributed by atoms with E-state index < -0.39 is 97.5 Å². The van der Waals surface area contributed by atoms with Crippen molar-refractivity contribution in [1.82, 2.24) is 0 Å². The first-order chi connectivity index (χ1) is 43.2. The minimum Gasteiger partial charge on any atom is -0.462 e. The molecule has 0 saturated heterocycles. The van der Waals surface area contributed by atoms with Crippen LogP contribution >= 0.6 is 15.6 Å². The molecular weight excluding hydrogens is 1190 g/mol. The van der Waals surface area contributed by atoms with Crippen molar-refractivity contribution >= 4 is 39.5 Å². The third-order valence-electron chi connectivity index (χ3n) is 16.4. The van der Waals surface area contributed by atoms with Gasteiger partial charge in [0, 0.05) is 25.7 Å². The summed E-state index contributed by atoms with van der Waals surface area (Å²) in [4.78, 5) is 72.5. The normalized spacial score (nSPS) is 14.2. The topological polar surface area (TPSA) is 237 Å². The Morgan fingerprint density at radius 3 is 0.756 bits per heavy atom. The standard InChI is InChI=1S/C71H138O17P2/c1-8-9-10-11-12-13-22-31-38-45-52-68(73)81-58-67(88-71(76)55-48-41-34-27-25-30-37-44-51-64(6)7)61-86-90(79,80)84-57-65(72)56-83-89(77,78)85-60-66(59-82-69(74)53-46-39-32-26-24-29-36-43-50-63(4)5)87-70(75)54-47-40-33-23-20-18-16-14-15-17-19-21-28-35-42-49-62(2)3/h62-67,72H,8-61H2,1-7H3,(H,77,78)(H,79,80)/t65-,66-,67-/m1/s1. The van der Waals surface area contributed by atoms with Gasteiger partial charge in [-0.05, 0) is 43.4 Å². The van der Waals surface area contributed by atoms with Gasteiger partial charge in [-0.3, -0.25) is 37.3 Å². The van der Waals surface area contributed by atoms with Crippen LogP contribution in [0.15, 0.2) is 0 Å². The van der Waals surface area contributed by atoms with Gasteiger partial charge in [0.15, 0.2) is 12.2 Å². The van der Waals surface area contributed by atoms with Crippen LogP contribution in [0.1, 0.15) is 357 Å². The van der Waals surface area contributed by atoms with Crippen LogP contribution in [0.25, 0.3) is 0 Å². The van der Waals surface area contributed by atoms with Crippen LogP contribution in [0, 0.1) is 17.8 Å². The minimum atomic E-state index is -4.95. The van der Waals surface area contributed by atoms with Gasteiger partial charge in [0.1, 0.15) is 19.3 Å². The number of carbonyl (C=O) groups excluding carboxylic acids is 4. The van der Waals surface area contributed by atoms with Gasteiger partial charge < -0.3 is 33.8 Å². The summed E-state index contributed by atoms with van der Waals surface area (Å²) in [6.07, 6.45) is 45.9. The average Bonchev–Trinajstić information content (AvgIpc) is 3.69. The largest absolute Gasteiger partial charge is 0.472 e. The van der Waals surface area contributed by atoms with Crippen molar-refractivity contribution in [3.8, 4) is 0 Å². The summed E-state index contributed by atoms with van der Waals surface area (Å²) in [5.74, 6) is 0.120. The number of hydrogen-bond donors (Lipinski definition) is 3. The van der Waals surface area contributed by atoms with Crippen LogP contribution in [-0.4, -0.2) is 96.7 Å². The molecule has 5 atom stereocenters. The highest BCUT2D eigenvalue weighted by molar-refractivity contribution is 7.47. The third kappa shape index (κ3) is 64.8. The predicted molar refractivity (Wildman–Crippen MR) is 363 cm³/mol. The van der Waals surface area contributed by atoms with Crippen molar-refractivity contribution in [1.29, 1.82) is 0 Å². The Kier molecular flexibility index (Phi) is 60.6. The molecular formula is C71H138O17P2. The first-order valence-electron chi connectivity index (χ1n) is 36.8. The summed E-state index contributed by atoms with van der Waals surface area (Å²) in [6.45, 7) is 11.8.